The molecule has 4 fully saturated rings. The first-order valence-electron chi connectivity index (χ1n) is 8.72. The molecule has 0 bridgehead atoms. The molecule has 136 valence electrons. The van der Waals surface area contributed by atoms with Crippen LogP contribution in [-0.4, -0.2) is 61.7 Å². The summed E-state index contributed by atoms with van der Waals surface area (Å²) in [7, 11) is -4.04. The van der Waals surface area contributed by atoms with Gasteiger partial charge in [-0.25, -0.2) is 9.11 Å². The lowest BCUT2D eigenvalue weighted by Crippen LogP contribution is -2.59. The molecule has 9 heteroatoms. The zero-order chi connectivity index (χ0) is 17.1. The molecule has 6 atom stereocenters. The maximum absolute atomic E-state index is 15.3. The van der Waals surface area contributed by atoms with Crippen LogP contribution in [0.3, 0.4) is 0 Å². The van der Waals surface area contributed by atoms with E-state index in [2.05, 4.69) is 5.32 Å². The number of halogens is 1. The van der Waals surface area contributed by atoms with Crippen LogP contribution in [0, 0.1) is 23.7 Å². The summed E-state index contributed by atoms with van der Waals surface area (Å²) in [5, 5.41) is 13.6. The number of alkyl halides is 1. The summed E-state index contributed by atoms with van der Waals surface area (Å²) in [5.41, 5.74) is 0. The second-order valence-electron chi connectivity index (χ2n) is 7.73. The van der Waals surface area contributed by atoms with Crippen LogP contribution in [-0.2, 0) is 15.0 Å². The summed E-state index contributed by atoms with van der Waals surface area (Å²) in [5.74, 6) is 0.255. The van der Waals surface area contributed by atoms with Crippen LogP contribution in [0.2, 0.25) is 0 Å². The van der Waals surface area contributed by atoms with E-state index in [1.165, 1.54) is 0 Å². The van der Waals surface area contributed by atoms with Crippen LogP contribution in [0.1, 0.15) is 25.7 Å². The third-order valence-electron chi connectivity index (χ3n) is 6.43. The van der Waals surface area contributed by atoms with Gasteiger partial charge in [0.2, 0.25) is 5.91 Å². The van der Waals surface area contributed by atoms with Gasteiger partial charge in [0.25, 0.3) is 0 Å². The molecule has 2 saturated carbocycles. The number of aliphatic hydroxyl groups excluding tert-OH is 1. The van der Waals surface area contributed by atoms with Crippen molar-refractivity contribution in [3.63, 3.8) is 0 Å². The standard InChI is InChI=1S/C15H24FN3O4S/c16-14-11-3-8(10-5-17-6-10)1-2-9(11)4-12(20)15(14)19-7-13(21)18-24(19,22)23/h8-12,14-15,17,20H,1-7H2,(H,18,21). The molecule has 0 aromatic rings. The van der Waals surface area contributed by atoms with Crippen LogP contribution in [0.15, 0.2) is 0 Å². The van der Waals surface area contributed by atoms with Crippen LogP contribution in [0.4, 0.5) is 4.39 Å². The van der Waals surface area contributed by atoms with Gasteiger partial charge in [-0.2, -0.15) is 12.7 Å². The number of hydrogen-bond donors (Lipinski definition) is 3. The van der Waals surface area contributed by atoms with Crippen molar-refractivity contribution in [3.05, 3.63) is 0 Å². The topological polar surface area (TPSA) is 98.7 Å². The van der Waals surface area contributed by atoms with Gasteiger partial charge in [0, 0.05) is 0 Å². The first-order chi connectivity index (χ1) is 11.4. The van der Waals surface area contributed by atoms with Crippen molar-refractivity contribution in [1.82, 2.24) is 14.3 Å². The number of rotatable bonds is 2. The molecule has 6 unspecified atom stereocenters. The molecule has 4 aliphatic rings. The van der Waals surface area contributed by atoms with Crippen LogP contribution >= 0.6 is 0 Å². The van der Waals surface area contributed by atoms with Crippen molar-refractivity contribution in [1.29, 1.82) is 0 Å². The van der Waals surface area contributed by atoms with E-state index >= 15 is 4.39 Å². The minimum absolute atomic E-state index is 0.101. The quantitative estimate of drug-likeness (QED) is 0.609. The van der Waals surface area contributed by atoms with E-state index in [0.717, 1.165) is 36.7 Å². The van der Waals surface area contributed by atoms with Gasteiger partial charge in [-0.1, -0.05) is 0 Å². The Morgan fingerprint density at radius 3 is 2.42 bits per heavy atom. The molecule has 0 aromatic heterocycles. The van der Waals surface area contributed by atoms with Crippen molar-refractivity contribution in [3.8, 4) is 0 Å². The molecular weight excluding hydrogens is 337 g/mol. The molecule has 2 saturated heterocycles. The normalized spacial score (nSPS) is 46.2. The minimum Gasteiger partial charge on any atom is -0.391 e. The highest BCUT2D eigenvalue weighted by Crippen LogP contribution is 2.48. The average molecular weight is 361 g/mol. The van der Waals surface area contributed by atoms with Gasteiger partial charge in [0.1, 0.15) is 6.17 Å². The fourth-order valence-corrected chi connectivity index (χ4v) is 6.38. The number of hydrogen-bond acceptors (Lipinski definition) is 5. The van der Waals surface area contributed by atoms with E-state index in [1.54, 1.807) is 0 Å². The predicted molar refractivity (Wildman–Crippen MR) is 83.8 cm³/mol. The lowest BCUT2D eigenvalue weighted by atomic mass is 9.62. The van der Waals surface area contributed by atoms with E-state index in [9.17, 15) is 18.3 Å². The van der Waals surface area contributed by atoms with Gasteiger partial charge >= 0.3 is 10.2 Å². The lowest BCUT2D eigenvalue weighted by Gasteiger charge is -2.50. The Labute approximate surface area is 141 Å². The van der Waals surface area contributed by atoms with E-state index < -0.39 is 41.0 Å². The molecule has 4 rings (SSSR count). The number of nitrogens with one attached hydrogen (secondary N) is 2. The summed E-state index contributed by atoms with van der Waals surface area (Å²) in [6, 6.07) is -1.16. The zero-order valence-electron chi connectivity index (χ0n) is 13.4. The second-order valence-corrected chi connectivity index (χ2v) is 9.35. The largest absolute Gasteiger partial charge is 0.391 e. The van der Waals surface area contributed by atoms with Gasteiger partial charge < -0.3 is 10.4 Å². The molecule has 3 N–H and O–H groups in total. The summed E-state index contributed by atoms with van der Waals surface area (Å²) in [6.45, 7) is 1.55. The molecule has 7 nitrogen and oxygen atoms in total. The minimum atomic E-state index is -4.04. The predicted octanol–water partition coefficient (Wildman–Crippen LogP) is -0.614. The number of fused-ring (bicyclic) bond motifs is 1. The Balaban J connectivity index is 1.55. The van der Waals surface area contributed by atoms with E-state index in [4.69, 9.17) is 0 Å². The first-order valence-corrected chi connectivity index (χ1v) is 10.2. The molecule has 1 amide bonds. The van der Waals surface area contributed by atoms with Crippen molar-refractivity contribution in [2.24, 2.45) is 23.7 Å². The van der Waals surface area contributed by atoms with Gasteiger partial charge in [-0.15, -0.1) is 0 Å². The number of aliphatic hydroxyl groups is 1. The van der Waals surface area contributed by atoms with Gasteiger partial charge in [-0.05, 0) is 62.4 Å². The number of amides is 1. The smallest absolute Gasteiger partial charge is 0.304 e. The van der Waals surface area contributed by atoms with E-state index in [-0.39, 0.29) is 11.8 Å². The molecule has 24 heavy (non-hydrogen) atoms. The van der Waals surface area contributed by atoms with Crippen molar-refractivity contribution in [2.75, 3.05) is 19.6 Å². The van der Waals surface area contributed by atoms with Crippen molar-refractivity contribution in [2.45, 2.75) is 44.0 Å². The molecule has 2 aliphatic carbocycles. The third kappa shape index (κ3) is 2.65. The third-order valence-corrected chi connectivity index (χ3v) is 7.90. The fourth-order valence-electron chi connectivity index (χ4n) is 5.05. The molecule has 0 spiro atoms. The van der Waals surface area contributed by atoms with Crippen molar-refractivity contribution >= 4 is 16.1 Å². The van der Waals surface area contributed by atoms with Gasteiger partial charge in [0.15, 0.2) is 0 Å². The average Bonchev–Trinajstić information content (AvgIpc) is 2.71. The maximum atomic E-state index is 15.3. The summed E-state index contributed by atoms with van der Waals surface area (Å²) in [6.07, 6.45) is 0.602. The summed E-state index contributed by atoms with van der Waals surface area (Å²) >= 11 is 0. The number of carbonyl (C=O) groups excluding carboxylic acids is 1. The van der Waals surface area contributed by atoms with Gasteiger partial charge in [-0.3, -0.25) is 4.79 Å². The summed E-state index contributed by atoms with van der Waals surface area (Å²) in [4.78, 5) is 11.5. The maximum Gasteiger partial charge on any atom is 0.304 e. The Hall–Kier alpha value is -0.770. The SMILES string of the molecule is O=C1CN(C2C(O)CC3CCC(C4CNC4)CC3C2F)S(=O)(=O)N1. The zero-order valence-corrected chi connectivity index (χ0v) is 14.2. The molecule has 0 aromatic carbocycles. The van der Waals surface area contributed by atoms with E-state index in [1.807, 2.05) is 4.72 Å². The fraction of sp³-hybridized carbons (Fsp3) is 0.933. The van der Waals surface area contributed by atoms with Crippen molar-refractivity contribution < 1.29 is 22.7 Å². The highest BCUT2D eigenvalue weighted by molar-refractivity contribution is 7.88. The summed E-state index contributed by atoms with van der Waals surface area (Å²) < 4.78 is 42.1. The highest BCUT2D eigenvalue weighted by Gasteiger charge is 2.54. The Morgan fingerprint density at radius 2 is 1.83 bits per heavy atom. The van der Waals surface area contributed by atoms with E-state index in [0.29, 0.717) is 18.3 Å². The molecule has 2 heterocycles. The van der Waals surface area contributed by atoms with Crippen LogP contribution in [0.5, 0.6) is 0 Å². The molecule has 0 radical (unpaired) electrons. The van der Waals surface area contributed by atoms with Crippen LogP contribution in [0.25, 0.3) is 0 Å². The Bertz CT molecular complexity index is 626. The van der Waals surface area contributed by atoms with Crippen LogP contribution < -0.4 is 10.0 Å². The first kappa shape index (κ1) is 16.7. The number of nitrogens with zero attached hydrogens (tertiary/aromatic N) is 1. The second kappa shape index (κ2) is 5.89. The number of carbonyl (C=O) groups is 1. The van der Waals surface area contributed by atoms with Gasteiger partial charge in [0.05, 0.1) is 18.7 Å². The lowest BCUT2D eigenvalue weighted by molar-refractivity contribution is -0.120. The Kier molecular flexibility index (Phi) is 4.10. The molecular formula is C15H24FN3O4S. The highest BCUT2D eigenvalue weighted by atomic mass is 32.2. The molecule has 2 aliphatic heterocycles. The monoisotopic (exact) mass is 361 g/mol. The Morgan fingerprint density at radius 1 is 1.12 bits per heavy atom.